The predicted molar refractivity (Wildman–Crippen MR) is 90.4 cm³/mol. The van der Waals surface area contributed by atoms with Crippen molar-refractivity contribution in [2.24, 2.45) is 0 Å². The summed E-state index contributed by atoms with van der Waals surface area (Å²) in [4.78, 5) is 0. The smallest absolute Gasteiger partial charge is 0.0994 e. The molecule has 2 rings (SSSR count). The SMILES string of the molecule is Cc1cc(C)c(C(Cl)c2cc(Cl)sc2Cl)c(C)c1Br. The number of halogens is 4. The van der Waals surface area contributed by atoms with E-state index in [0.717, 1.165) is 26.7 Å². The Labute approximate surface area is 140 Å². The molecule has 1 unspecified atom stereocenters. The number of hydrogen-bond acceptors (Lipinski definition) is 1. The zero-order valence-electron chi connectivity index (χ0n) is 10.7. The molecule has 0 aliphatic rings. The number of rotatable bonds is 2. The Morgan fingerprint density at radius 2 is 1.74 bits per heavy atom. The summed E-state index contributed by atoms with van der Waals surface area (Å²) in [5, 5.41) is -0.284. The second kappa shape index (κ2) is 5.95. The van der Waals surface area contributed by atoms with E-state index in [1.54, 1.807) is 0 Å². The van der Waals surface area contributed by atoms with Gasteiger partial charge in [0.2, 0.25) is 0 Å². The van der Waals surface area contributed by atoms with Crippen LogP contribution in [0.2, 0.25) is 8.67 Å². The molecule has 0 fully saturated rings. The van der Waals surface area contributed by atoms with Gasteiger partial charge in [0.15, 0.2) is 0 Å². The first-order valence-corrected chi connectivity index (χ1v) is 8.48. The van der Waals surface area contributed by atoms with Crippen LogP contribution in [0.4, 0.5) is 0 Å². The van der Waals surface area contributed by atoms with Gasteiger partial charge in [-0.3, -0.25) is 0 Å². The first-order valence-electron chi connectivity index (χ1n) is 5.68. The number of aryl methyl sites for hydroxylation is 2. The Balaban J connectivity index is 2.59. The third-order valence-corrected chi connectivity index (χ3v) is 6.34. The second-order valence-corrected chi connectivity index (χ2v) is 8.02. The van der Waals surface area contributed by atoms with Gasteiger partial charge in [0.1, 0.15) is 0 Å². The van der Waals surface area contributed by atoms with Gasteiger partial charge in [-0.2, -0.15) is 0 Å². The van der Waals surface area contributed by atoms with Crippen LogP contribution in [0.3, 0.4) is 0 Å². The molecule has 1 atom stereocenters. The molecule has 1 heterocycles. The highest BCUT2D eigenvalue weighted by Gasteiger charge is 2.22. The minimum Gasteiger partial charge on any atom is -0.112 e. The molecule has 19 heavy (non-hydrogen) atoms. The van der Waals surface area contributed by atoms with E-state index >= 15 is 0 Å². The van der Waals surface area contributed by atoms with Crippen LogP contribution < -0.4 is 0 Å². The van der Waals surface area contributed by atoms with E-state index in [4.69, 9.17) is 34.8 Å². The molecule has 2 aromatic rings. The summed E-state index contributed by atoms with van der Waals surface area (Å²) < 4.78 is 2.41. The van der Waals surface area contributed by atoms with E-state index in [9.17, 15) is 0 Å². The molecule has 1 aromatic carbocycles. The van der Waals surface area contributed by atoms with Gasteiger partial charge in [0.05, 0.1) is 14.0 Å². The van der Waals surface area contributed by atoms with E-state index in [0.29, 0.717) is 8.67 Å². The van der Waals surface area contributed by atoms with Crippen molar-refractivity contribution in [1.82, 2.24) is 0 Å². The van der Waals surface area contributed by atoms with E-state index in [1.165, 1.54) is 16.9 Å². The monoisotopic (exact) mass is 396 g/mol. The van der Waals surface area contributed by atoms with Crippen LogP contribution in [0.1, 0.15) is 33.2 Å². The van der Waals surface area contributed by atoms with Crippen LogP contribution >= 0.6 is 62.1 Å². The largest absolute Gasteiger partial charge is 0.112 e. The molecule has 0 nitrogen and oxygen atoms in total. The lowest BCUT2D eigenvalue weighted by Crippen LogP contribution is -2.01. The fourth-order valence-corrected chi connectivity index (χ4v) is 4.74. The fraction of sp³-hybridized carbons (Fsp3) is 0.286. The molecule has 0 aliphatic carbocycles. The molecule has 0 saturated heterocycles. The van der Waals surface area contributed by atoms with Crippen LogP contribution in [0, 0.1) is 20.8 Å². The van der Waals surface area contributed by atoms with Gasteiger partial charge in [0.25, 0.3) is 0 Å². The van der Waals surface area contributed by atoms with Crippen molar-refractivity contribution < 1.29 is 0 Å². The van der Waals surface area contributed by atoms with Crippen LogP contribution in [-0.2, 0) is 0 Å². The van der Waals surface area contributed by atoms with Gasteiger partial charge < -0.3 is 0 Å². The average molecular weight is 399 g/mol. The zero-order chi connectivity index (χ0) is 14.3. The van der Waals surface area contributed by atoms with E-state index in [2.05, 4.69) is 42.8 Å². The topological polar surface area (TPSA) is 0 Å². The molecule has 0 radical (unpaired) electrons. The summed E-state index contributed by atoms with van der Waals surface area (Å²) in [5.41, 5.74) is 5.49. The molecule has 0 bridgehead atoms. The van der Waals surface area contributed by atoms with Crippen molar-refractivity contribution in [3.05, 3.63) is 53.1 Å². The maximum Gasteiger partial charge on any atom is 0.0994 e. The van der Waals surface area contributed by atoms with E-state index in [1.807, 2.05) is 6.07 Å². The van der Waals surface area contributed by atoms with Crippen molar-refractivity contribution in [3.8, 4) is 0 Å². The Morgan fingerprint density at radius 1 is 1.11 bits per heavy atom. The molecule has 0 aliphatic heterocycles. The molecule has 0 amide bonds. The minimum atomic E-state index is -0.284. The summed E-state index contributed by atoms with van der Waals surface area (Å²) in [6.07, 6.45) is 0. The highest BCUT2D eigenvalue weighted by atomic mass is 79.9. The number of alkyl halides is 1. The Bertz CT molecular complexity index is 634. The lowest BCUT2D eigenvalue weighted by atomic mass is 9.95. The lowest BCUT2D eigenvalue weighted by Gasteiger charge is -2.18. The normalized spacial score (nSPS) is 12.8. The zero-order valence-corrected chi connectivity index (χ0v) is 15.3. The third-order valence-electron chi connectivity index (χ3n) is 3.15. The molecule has 5 heteroatoms. The molecule has 0 spiro atoms. The Morgan fingerprint density at radius 3 is 2.26 bits per heavy atom. The van der Waals surface area contributed by atoms with Gasteiger partial charge >= 0.3 is 0 Å². The van der Waals surface area contributed by atoms with Crippen LogP contribution in [-0.4, -0.2) is 0 Å². The summed E-state index contributed by atoms with van der Waals surface area (Å²) in [5.74, 6) is 0. The fourth-order valence-electron chi connectivity index (χ4n) is 2.25. The van der Waals surface area contributed by atoms with Crippen molar-refractivity contribution in [2.75, 3.05) is 0 Å². The van der Waals surface area contributed by atoms with Gasteiger partial charge in [-0.05, 0) is 49.1 Å². The van der Waals surface area contributed by atoms with Gasteiger partial charge in [-0.1, -0.05) is 45.2 Å². The van der Waals surface area contributed by atoms with Crippen molar-refractivity contribution in [1.29, 1.82) is 0 Å². The van der Waals surface area contributed by atoms with E-state index in [-0.39, 0.29) is 5.38 Å². The molecule has 1 aromatic heterocycles. The molecule has 102 valence electrons. The first kappa shape index (κ1) is 15.7. The summed E-state index contributed by atoms with van der Waals surface area (Å²) in [7, 11) is 0. The second-order valence-electron chi connectivity index (χ2n) is 4.51. The Hall–Kier alpha value is 0.270. The maximum absolute atomic E-state index is 6.63. The summed E-state index contributed by atoms with van der Waals surface area (Å²) >= 11 is 23.8. The van der Waals surface area contributed by atoms with Crippen molar-refractivity contribution >= 4 is 62.1 Å². The number of hydrogen-bond donors (Lipinski definition) is 0. The van der Waals surface area contributed by atoms with Gasteiger partial charge in [-0.15, -0.1) is 22.9 Å². The van der Waals surface area contributed by atoms with Crippen LogP contribution in [0.25, 0.3) is 0 Å². The highest BCUT2D eigenvalue weighted by molar-refractivity contribution is 9.10. The highest BCUT2D eigenvalue weighted by Crippen LogP contribution is 2.43. The Kier molecular flexibility index (Phi) is 4.90. The minimum absolute atomic E-state index is 0.284. The lowest BCUT2D eigenvalue weighted by molar-refractivity contribution is 1.07. The van der Waals surface area contributed by atoms with Crippen LogP contribution in [0.5, 0.6) is 0 Å². The maximum atomic E-state index is 6.63. The average Bonchev–Trinajstić information content (AvgIpc) is 2.65. The van der Waals surface area contributed by atoms with Crippen LogP contribution in [0.15, 0.2) is 16.6 Å². The van der Waals surface area contributed by atoms with Crippen molar-refractivity contribution in [2.45, 2.75) is 26.1 Å². The van der Waals surface area contributed by atoms with Crippen molar-refractivity contribution in [3.63, 3.8) is 0 Å². The number of benzene rings is 1. The molecule has 0 saturated carbocycles. The predicted octanol–water partition coefficient (Wildman–Crippen LogP) is 7.07. The molecule has 0 N–H and O–H groups in total. The first-order chi connectivity index (χ1) is 8.82. The summed E-state index contributed by atoms with van der Waals surface area (Å²) in [6, 6.07) is 3.97. The number of thiophene rings is 1. The third kappa shape index (κ3) is 2.98. The summed E-state index contributed by atoms with van der Waals surface area (Å²) in [6.45, 7) is 6.21. The molecular formula is C14H12BrCl3S. The van der Waals surface area contributed by atoms with Gasteiger partial charge in [-0.25, -0.2) is 0 Å². The van der Waals surface area contributed by atoms with Gasteiger partial charge in [0, 0.05) is 10.0 Å². The standard InChI is InChI=1S/C14H12BrCl3S/c1-6-4-7(2)12(15)8(3)11(6)13(17)9-5-10(16)19-14(9)18/h4-5,13H,1-3H3. The van der Waals surface area contributed by atoms with E-state index < -0.39 is 0 Å². The molecular weight excluding hydrogens is 386 g/mol. The quantitative estimate of drug-likeness (QED) is 0.475.